The van der Waals surface area contributed by atoms with Crippen LogP contribution in [0.2, 0.25) is 0 Å². The second-order valence-electron chi connectivity index (χ2n) is 5.51. The Morgan fingerprint density at radius 3 is 2.52 bits per heavy atom. The SMILES string of the molecule is CCOC(=O)c1csc(NC(=O)c2ccc(OCc3ccccc3)cc2)n1. The second-order valence-corrected chi connectivity index (χ2v) is 6.37. The fourth-order valence-electron chi connectivity index (χ4n) is 2.24. The van der Waals surface area contributed by atoms with Crippen molar-refractivity contribution in [2.45, 2.75) is 13.5 Å². The number of thiazole rings is 1. The molecule has 0 bridgehead atoms. The van der Waals surface area contributed by atoms with Crippen molar-refractivity contribution < 1.29 is 19.1 Å². The average molecular weight is 382 g/mol. The van der Waals surface area contributed by atoms with Crippen LogP contribution in [0.3, 0.4) is 0 Å². The van der Waals surface area contributed by atoms with Gasteiger partial charge < -0.3 is 9.47 Å². The molecule has 27 heavy (non-hydrogen) atoms. The van der Waals surface area contributed by atoms with E-state index in [1.54, 1.807) is 36.6 Å². The Balaban J connectivity index is 1.56. The van der Waals surface area contributed by atoms with E-state index in [9.17, 15) is 9.59 Å². The molecule has 0 aliphatic rings. The fraction of sp³-hybridized carbons (Fsp3) is 0.150. The summed E-state index contributed by atoms with van der Waals surface area (Å²) < 4.78 is 10.6. The molecule has 0 fully saturated rings. The predicted octanol–water partition coefficient (Wildman–Crippen LogP) is 4.15. The van der Waals surface area contributed by atoms with Gasteiger partial charge in [0.05, 0.1) is 6.61 Å². The highest BCUT2D eigenvalue weighted by molar-refractivity contribution is 7.14. The molecule has 6 nitrogen and oxygen atoms in total. The molecular formula is C20H18N2O4S. The summed E-state index contributed by atoms with van der Waals surface area (Å²) >= 11 is 1.17. The van der Waals surface area contributed by atoms with E-state index in [2.05, 4.69) is 10.3 Å². The minimum atomic E-state index is -0.505. The number of ether oxygens (including phenoxy) is 2. The smallest absolute Gasteiger partial charge is 0.357 e. The van der Waals surface area contributed by atoms with Crippen LogP contribution < -0.4 is 10.1 Å². The summed E-state index contributed by atoms with van der Waals surface area (Å²) in [5.41, 5.74) is 1.72. The number of aromatic nitrogens is 1. The molecular weight excluding hydrogens is 364 g/mol. The van der Waals surface area contributed by atoms with Crippen LogP contribution in [0, 0.1) is 0 Å². The van der Waals surface area contributed by atoms with Gasteiger partial charge in [-0.25, -0.2) is 9.78 Å². The summed E-state index contributed by atoms with van der Waals surface area (Å²) in [4.78, 5) is 28.0. The number of carbonyl (C=O) groups is 2. The van der Waals surface area contributed by atoms with Crippen LogP contribution in [0.1, 0.15) is 33.3 Å². The van der Waals surface area contributed by atoms with Gasteiger partial charge in [0.15, 0.2) is 10.8 Å². The number of nitrogens with one attached hydrogen (secondary N) is 1. The molecule has 1 N–H and O–H groups in total. The highest BCUT2D eigenvalue weighted by atomic mass is 32.1. The topological polar surface area (TPSA) is 77.5 Å². The van der Waals surface area contributed by atoms with Crippen molar-refractivity contribution in [2.75, 3.05) is 11.9 Å². The van der Waals surface area contributed by atoms with E-state index in [1.165, 1.54) is 11.3 Å². The molecule has 0 spiro atoms. The molecule has 0 atom stereocenters. The van der Waals surface area contributed by atoms with Crippen LogP contribution in [0.15, 0.2) is 60.0 Å². The summed E-state index contributed by atoms with van der Waals surface area (Å²) in [6.45, 7) is 2.46. The predicted molar refractivity (Wildman–Crippen MR) is 103 cm³/mol. The summed E-state index contributed by atoms with van der Waals surface area (Å²) in [6, 6.07) is 16.7. The molecule has 138 valence electrons. The molecule has 3 rings (SSSR count). The van der Waals surface area contributed by atoms with Crippen LogP contribution in [0.4, 0.5) is 5.13 Å². The molecule has 3 aromatic rings. The molecule has 1 aromatic heterocycles. The Morgan fingerprint density at radius 1 is 1.07 bits per heavy atom. The van der Waals surface area contributed by atoms with E-state index in [0.29, 0.717) is 23.1 Å². The zero-order valence-electron chi connectivity index (χ0n) is 14.7. The van der Waals surface area contributed by atoms with Crippen LogP contribution in [0.5, 0.6) is 5.75 Å². The standard InChI is InChI=1S/C20H18N2O4S/c1-2-25-19(24)17-13-27-20(21-17)22-18(23)15-8-10-16(11-9-15)26-12-14-6-4-3-5-7-14/h3-11,13H,2,12H2,1H3,(H,21,22,23). The third kappa shape index (κ3) is 5.15. The van der Waals surface area contributed by atoms with Gasteiger partial charge in [-0.05, 0) is 36.8 Å². The molecule has 1 amide bonds. The van der Waals surface area contributed by atoms with Crippen molar-refractivity contribution in [3.05, 3.63) is 76.8 Å². The molecule has 7 heteroatoms. The summed E-state index contributed by atoms with van der Waals surface area (Å²) in [5.74, 6) is -0.141. The largest absolute Gasteiger partial charge is 0.489 e. The van der Waals surface area contributed by atoms with Crippen LogP contribution in [-0.2, 0) is 11.3 Å². The van der Waals surface area contributed by atoms with Crippen molar-refractivity contribution in [1.29, 1.82) is 0 Å². The first-order valence-electron chi connectivity index (χ1n) is 8.36. The highest BCUT2D eigenvalue weighted by Crippen LogP contribution is 2.19. The third-order valence-corrected chi connectivity index (χ3v) is 4.33. The molecule has 0 aliphatic heterocycles. The van der Waals surface area contributed by atoms with Gasteiger partial charge >= 0.3 is 5.97 Å². The number of anilines is 1. The quantitative estimate of drug-likeness (QED) is 0.621. The van der Waals surface area contributed by atoms with Crippen molar-refractivity contribution in [2.24, 2.45) is 0 Å². The maximum Gasteiger partial charge on any atom is 0.357 e. The van der Waals surface area contributed by atoms with E-state index in [1.807, 2.05) is 30.3 Å². The molecule has 0 aliphatic carbocycles. The van der Waals surface area contributed by atoms with E-state index < -0.39 is 5.97 Å². The molecule has 0 saturated heterocycles. The first-order valence-corrected chi connectivity index (χ1v) is 9.24. The maximum atomic E-state index is 12.3. The van der Waals surface area contributed by atoms with Crippen LogP contribution in [0.25, 0.3) is 0 Å². The fourth-order valence-corrected chi connectivity index (χ4v) is 2.92. The molecule has 2 aromatic carbocycles. The van der Waals surface area contributed by atoms with Gasteiger partial charge in [-0.2, -0.15) is 0 Å². The number of carbonyl (C=O) groups excluding carboxylic acids is 2. The molecule has 0 saturated carbocycles. The van der Waals surface area contributed by atoms with Crippen molar-refractivity contribution in [3.8, 4) is 5.75 Å². The summed E-state index contributed by atoms with van der Waals surface area (Å²) in [5, 5.41) is 4.56. The molecule has 0 radical (unpaired) electrons. The van der Waals surface area contributed by atoms with Gasteiger partial charge in [0.1, 0.15) is 12.4 Å². The number of rotatable bonds is 7. The van der Waals surface area contributed by atoms with Gasteiger partial charge in [-0.3, -0.25) is 10.1 Å². The lowest BCUT2D eigenvalue weighted by atomic mass is 10.2. The minimum absolute atomic E-state index is 0.182. The number of hydrogen-bond donors (Lipinski definition) is 1. The lowest BCUT2D eigenvalue weighted by Crippen LogP contribution is -2.12. The number of benzene rings is 2. The normalized spacial score (nSPS) is 10.3. The van der Waals surface area contributed by atoms with Gasteiger partial charge in [0.25, 0.3) is 5.91 Å². The number of amides is 1. The summed E-state index contributed by atoms with van der Waals surface area (Å²) in [6.07, 6.45) is 0. The lowest BCUT2D eigenvalue weighted by Gasteiger charge is -2.07. The average Bonchev–Trinajstić information content (AvgIpc) is 3.16. The van der Waals surface area contributed by atoms with Crippen molar-refractivity contribution in [1.82, 2.24) is 4.98 Å². The lowest BCUT2D eigenvalue weighted by molar-refractivity contribution is 0.0520. The Kier molecular flexibility index (Phi) is 6.17. The first-order chi connectivity index (χ1) is 13.2. The number of esters is 1. The van der Waals surface area contributed by atoms with Crippen LogP contribution >= 0.6 is 11.3 Å². The maximum absolute atomic E-state index is 12.3. The zero-order valence-corrected chi connectivity index (χ0v) is 15.5. The number of hydrogen-bond acceptors (Lipinski definition) is 6. The second kappa shape index (κ2) is 8.95. The molecule has 0 unspecified atom stereocenters. The van der Waals surface area contributed by atoms with Crippen molar-refractivity contribution >= 4 is 28.3 Å². The van der Waals surface area contributed by atoms with E-state index in [4.69, 9.17) is 9.47 Å². The third-order valence-electron chi connectivity index (χ3n) is 3.57. The van der Waals surface area contributed by atoms with Gasteiger partial charge in [-0.1, -0.05) is 30.3 Å². The summed E-state index contributed by atoms with van der Waals surface area (Å²) in [7, 11) is 0. The van der Waals surface area contributed by atoms with E-state index in [-0.39, 0.29) is 18.2 Å². The number of nitrogens with zero attached hydrogens (tertiary/aromatic N) is 1. The Labute approximate surface area is 160 Å². The van der Waals surface area contributed by atoms with Gasteiger partial charge in [0.2, 0.25) is 0 Å². The van der Waals surface area contributed by atoms with E-state index in [0.717, 1.165) is 5.56 Å². The monoisotopic (exact) mass is 382 g/mol. The van der Waals surface area contributed by atoms with Crippen LogP contribution in [-0.4, -0.2) is 23.5 Å². The van der Waals surface area contributed by atoms with E-state index >= 15 is 0 Å². The van der Waals surface area contributed by atoms with Gasteiger partial charge in [0, 0.05) is 10.9 Å². The Hall–Kier alpha value is -3.19. The highest BCUT2D eigenvalue weighted by Gasteiger charge is 2.14. The Bertz CT molecular complexity index is 907. The van der Waals surface area contributed by atoms with Gasteiger partial charge in [-0.15, -0.1) is 11.3 Å². The molecule has 1 heterocycles. The van der Waals surface area contributed by atoms with Crippen molar-refractivity contribution in [3.63, 3.8) is 0 Å². The zero-order chi connectivity index (χ0) is 19.1. The minimum Gasteiger partial charge on any atom is -0.489 e. The Morgan fingerprint density at radius 2 is 1.81 bits per heavy atom. The first kappa shape index (κ1) is 18.6.